The Hall–Kier alpha value is -1.63. The predicted molar refractivity (Wildman–Crippen MR) is 62.3 cm³/mol. The van der Waals surface area contributed by atoms with E-state index in [-0.39, 0.29) is 6.04 Å². The molecule has 0 aliphatic carbocycles. The summed E-state index contributed by atoms with van der Waals surface area (Å²) in [6.45, 7) is 5.82. The molecule has 2 aromatic heterocycles. The number of nitrogens with one attached hydrogen (secondary N) is 1. The molecule has 16 heavy (non-hydrogen) atoms. The topological polar surface area (TPSA) is 89.9 Å². The Morgan fingerprint density at radius 2 is 2.19 bits per heavy atom. The van der Waals surface area contributed by atoms with Crippen LogP contribution in [0.15, 0.2) is 4.52 Å². The van der Waals surface area contributed by atoms with E-state index in [1.807, 2.05) is 20.8 Å². The third-order valence-corrected chi connectivity index (χ3v) is 2.96. The van der Waals surface area contributed by atoms with Crippen molar-refractivity contribution in [2.24, 2.45) is 0 Å². The highest BCUT2D eigenvalue weighted by molar-refractivity contribution is 7.09. The molecule has 1 atom stereocenters. The number of nitrogen functional groups attached to an aromatic ring is 1. The summed E-state index contributed by atoms with van der Waals surface area (Å²) >= 11 is 1.24. The maximum absolute atomic E-state index is 5.45. The summed E-state index contributed by atoms with van der Waals surface area (Å²) in [4.78, 5) is 4.04. The van der Waals surface area contributed by atoms with E-state index in [1.54, 1.807) is 0 Å². The first kappa shape index (κ1) is 10.9. The van der Waals surface area contributed by atoms with Gasteiger partial charge in [0.1, 0.15) is 5.76 Å². The standard InChI is InChI=1S/C9H13N5OS/c1-4(7-5(2)13-15-6(7)3)11-9-12-8(10)14-16-9/h4H,1-3H3,(H3,10,11,12,14). The van der Waals surface area contributed by atoms with Crippen molar-refractivity contribution in [1.29, 1.82) is 0 Å². The first-order chi connectivity index (χ1) is 7.58. The van der Waals surface area contributed by atoms with Crippen LogP contribution in [0.2, 0.25) is 0 Å². The van der Waals surface area contributed by atoms with Gasteiger partial charge in [0.25, 0.3) is 0 Å². The first-order valence-electron chi connectivity index (χ1n) is 4.86. The van der Waals surface area contributed by atoms with Crippen LogP contribution < -0.4 is 11.1 Å². The van der Waals surface area contributed by atoms with Gasteiger partial charge in [-0.25, -0.2) is 0 Å². The fraction of sp³-hybridized carbons (Fsp3) is 0.444. The van der Waals surface area contributed by atoms with Crippen LogP contribution in [0, 0.1) is 13.8 Å². The molecular weight excluding hydrogens is 226 g/mol. The molecular formula is C9H13N5OS. The van der Waals surface area contributed by atoms with Crippen molar-refractivity contribution in [3.05, 3.63) is 17.0 Å². The molecule has 0 saturated carbocycles. The molecule has 2 rings (SSSR count). The van der Waals surface area contributed by atoms with Gasteiger partial charge < -0.3 is 15.6 Å². The van der Waals surface area contributed by atoms with Crippen molar-refractivity contribution >= 4 is 22.6 Å². The number of nitrogens with zero attached hydrogens (tertiary/aromatic N) is 3. The Bertz CT molecular complexity index is 472. The van der Waals surface area contributed by atoms with Gasteiger partial charge in [0.2, 0.25) is 11.1 Å². The normalized spacial score (nSPS) is 12.7. The van der Waals surface area contributed by atoms with E-state index >= 15 is 0 Å². The van der Waals surface area contributed by atoms with E-state index in [2.05, 4.69) is 19.8 Å². The summed E-state index contributed by atoms with van der Waals surface area (Å²) in [6, 6.07) is 0.0681. The first-order valence-corrected chi connectivity index (χ1v) is 5.63. The molecule has 2 aromatic rings. The maximum atomic E-state index is 5.45. The zero-order valence-corrected chi connectivity index (χ0v) is 10.1. The summed E-state index contributed by atoms with van der Waals surface area (Å²) in [7, 11) is 0. The van der Waals surface area contributed by atoms with E-state index in [9.17, 15) is 0 Å². The van der Waals surface area contributed by atoms with E-state index in [0.29, 0.717) is 11.1 Å². The number of nitrogens with two attached hydrogens (primary N) is 1. The molecule has 0 radical (unpaired) electrons. The highest BCUT2D eigenvalue weighted by Crippen LogP contribution is 2.25. The van der Waals surface area contributed by atoms with Gasteiger partial charge in [0, 0.05) is 17.1 Å². The molecule has 6 nitrogen and oxygen atoms in total. The highest BCUT2D eigenvalue weighted by atomic mass is 32.1. The number of aromatic nitrogens is 3. The second-order valence-corrected chi connectivity index (χ2v) is 4.31. The summed E-state index contributed by atoms with van der Waals surface area (Å²) in [5, 5.41) is 7.82. The molecule has 0 amide bonds. The van der Waals surface area contributed by atoms with E-state index < -0.39 is 0 Å². The van der Waals surface area contributed by atoms with Crippen LogP contribution in [-0.2, 0) is 0 Å². The quantitative estimate of drug-likeness (QED) is 0.850. The van der Waals surface area contributed by atoms with Crippen LogP contribution in [0.25, 0.3) is 0 Å². The summed E-state index contributed by atoms with van der Waals surface area (Å²) < 4.78 is 9.01. The number of rotatable bonds is 3. The molecule has 0 aliphatic heterocycles. The molecule has 0 fully saturated rings. The Morgan fingerprint density at radius 3 is 2.69 bits per heavy atom. The number of anilines is 2. The zero-order chi connectivity index (χ0) is 11.7. The zero-order valence-electron chi connectivity index (χ0n) is 9.31. The molecule has 86 valence electrons. The van der Waals surface area contributed by atoms with Crippen molar-refractivity contribution in [3.8, 4) is 0 Å². The SMILES string of the molecule is Cc1noc(C)c1C(C)Nc1nc(N)ns1. The summed E-state index contributed by atoms with van der Waals surface area (Å²) in [5.74, 6) is 1.11. The van der Waals surface area contributed by atoms with Crippen molar-refractivity contribution in [1.82, 2.24) is 14.5 Å². The second kappa shape index (κ2) is 4.09. The average molecular weight is 239 g/mol. The van der Waals surface area contributed by atoms with Crippen molar-refractivity contribution in [2.45, 2.75) is 26.8 Å². The van der Waals surface area contributed by atoms with Crippen LogP contribution >= 0.6 is 11.5 Å². The van der Waals surface area contributed by atoms with E-state index in [4.69, 9.17) is 10.3 Å². The lowest BCUT2D eigenvalue weighted by atomic mass is 10.1. The number of hydrogen-bond acceptors (Lipinski definition) is 7. The molecule has 3 N–H and O–H groups in total. The lowest BCUT2D eigenvalue weighted by Gasteiger charge is -2.11. The van der Waals surface area contributed by atoms with Crippen molar-refractivity contribution in [2.75, 3.05) is 11.1 Å². The van der Waals surface area contributed by atoms with E-state index in [1.165, 1.54) is 11.5 Å². The minimum Gasteiger partial charge on any atom is -0.367 e. The van der Waals surface area contributed by atoms with Crippen molar-refractivity contribution in [3.63, 3.8) is 0 Å². The second-order valence-electron chi connectivity index (χ2n) is 3.56. The Balaban J connectivity index is 2.17. The lowest BCUT2D eigenvalue weighted by molar-refractivity contribution is 0.392. The van der Waals surface area contributed by atoms with Gasteiger partial charge in [-0.1, -0.05) is 5.16 Å². The molecule has 1 unspecified atom stereocenters. The number of aryl methyl sites for hydroxylation is 2. The molecule has 2 heterocycles. The van der Waals surface area contributed by atoms with Crippen LogP contribution in [0.1, 0.15) is 30.0 Å². The van der Waals surface area contributed by atoms with Crippen LogP contribution in [0.4, 0.5) is 11.1 Å². The van der Waals surface area contributed by atoms with Crippen molar-refractivity contribution < 1.29 is 4.52 Å². The third-order valence-electron chi connectivity index (χ3n) is 2.30. The smallest absolute Gasteiger partial charge is 0.233 e. The summed E-state index contributed by atoms with van der Waals surface area (Å²) in [5.41, 5.74) is 7.38. The predicted octanol–water partition coefficient (Wildman–Crippen LogP) is 1.90. The van der Waals surface area contributed by atoms with Gasteiger partial charge in [0.05, 0.1) is 11.7 Å². The minimum absolute atomic E-state index is 0.0681. The Labute approximate surface area is 97.0 Å². The van der Waals surface area contributed by atoms with Crippen LogP contribution in [-0.4, -0.2) is 14.5 Å². The average Bonchev–Trinajstić information content (AvgIpc) is 2.74. The summed E-state index contributed by atoms with van der Waals surface area (Å²) in [6.07, 6.45) is 0. The molecule has 0 aliphatic rings. The molecule has 0 spiro atoms. The van der Waals surface area contributed by atoms with Gasteiger partial charge in [-0.15, -0.1) is 0 Å². The molecule has 0 aromatic carbocycles. The Kier molecular flexibility index (Phi) is 2.78. The largest absolute Gasteiger partial charge is 0.367 e. The monoisotopic (exact) mass is 239 g/mol. The highest BCUT2D eigenvalue weighted by Gasteiger charge is 2.17. The van der Waals surface area contributed by atoms with Gasteiger partial charge >= 0.3 is 0 Å². The van der Waals surface area contributed by atoms with Gasteiger partial charge in [-0.05, 0) is 20.8 Å². The van der Waals surface area contributed by atoms with Gasteiger partial charge in [0.15, 0.2) is 0 Å². The molecule has 0 bridgehead atoms. The fourth-order valence-electron chi connectivity index (χ4n) is 1.66. The Morgan fingerprint density at radius 1 is 1.44 bits per heavy atom. The van der Waals surface area contributed by atoms with Crippen LogP contribution in [0.3, 0.4) is 0 Å². The fourth-order valence-corrected chi connectivity index (χ4v) is 2.24. The van der Waals surface area contributed by atoms with Gasteiger partial charge in [-0.3, -0.25) is 0 Å². The molecule has 7 heteroatoms. The number of hydrogen-bond donors (Lipinski definition) is 2. The van der Waals surface area contributed by atoms with Crippen LogP contribution in [0.5, 0.6) is 0 Å². The third kappa shape index (κ3) is 1.99. The minimum atomic E-state index is 0.0681. The lowest BCUT2D eigenvalue weighted by Crippen LogP contribution is -2.08. The van der Waals surface area contributed by atoms with E-state index in [0.717, 1.165) is 17.0 Å². The molecule has 0 saturated heterocycles. The maximum Gasteiger partial charge on any atom is 0.233 e. The van der Waals surface area contributed by atoms with Gasteiger partial charge in [-0.2, -0.15) is 9.36 Å².